The number of aromatic nitrogens is 1. The maximum Gasteiger partial charge on any atom is 0.215 e. The monoisotopic (exact) mass is 248 g/mol. The van der Waals surface area contributed by atoms with Gasteiger partial charge in [0, 0.05) is 11.8 Å². The van der Waals surface area contributed by atoms with Gasteiger partial charge in [-0.3, -0.25) is 0 Å². The van der Waals surface area contributed by atoms with E-state index in [4.69, 9.17) is 4.74 Å². The van der Waals surface area contributed by atoms with E-state index in [1.807, 2.05) is 6.20 Å². The van der Waals surface area contributed by atoms with Crippen LogP contribution < -0.4 is 4.74 Å². The van der Waals surface area contributed by atoms with Crippen molar-refractivity contribution in [2.45, 2.75) is 32.6 Å². The quantitative estimate of drug-likeness (QED) is 0.822. The van der Waals surface area contributed by atoms with Crippen molar-refractivity contribution in [3.05, 3.63) is 23.4 Å². The number of hydrogen-bond donors (Lipinski definition) is 0. The van der Waals surface area contributed by atoms with Gasteiger partial charge in [0.2, 0.25) is 5.88 Å². The van der Waals surface area contributed by atoms with Crippen molar-refractivity contribution in [2.24, 2.45) is 5.92 Å². The summed E-state index contributed by atoms with van der Waals surface area (Å²) in [5, 5.41) is 0. The van der Waals surface area contributed by atoms with Crippen LogP contribution in [-0.4, -0.2) is 37.1 Å². The number of likely N-dealkylation sites (tertiary alicyclic amines) is 1. The molecule has 2 heterocycles. The van der Waals surface area contributed by atoms with Gasteiger partial charge in [0.05, 0.1) is 7.11 Å². The topological polar surface area (TPSA) is 25.4 Å². The molecule has 3 heteroatoms. The van der Waals surface area contributed by atoms with Gasteiger partial charge in [0.15, 0.2) is 0 Å². The Kier molecular flexibility index (Phi) is 4.23. The number of nitrogens with zero attached hydrogens (tertiary/aromatic N) is 2. The molecule has 3 nitrogen and oxygen atoms in total. The lowest BCUT2D eigenvalue weighted by atomic mass is 9.81. The molecule has 1 aromatic heterocycles. The fourth-order valence-corrected chi connectivity index (χ4v) is 2.85. The summed E-state index contributed by atoms with van der Waals surface area (Å²) in [4.78, 5) is 6.81. The molecule has 0 amide bonds. The lowest BCUT2D eigenvalue weighted by Crippen LogP contribution is -2.32. The molecule has 1 saturated heterocycles. The van der Waals surface area contributed by atoms with Gasteiger partial charge in [0.1, 0.15) is 0 Å². The average Bonchev–Trinajstić information content (AvgIpc) is 2.38. The standard InChI is InChI=1S/C15H24N2O/c1-11-9-14(10-16-15(11)18-4)12(2)13-5-7-17(3)8-6-13/h9-10,12-13H,5-8H2,1-4H3. The summed E-state index contributed by atoms with van der Waals surface area (Å²) < 4.78 is 5.22. The molecule has 0 N–H and O–H groups in total. The van der Waals surface area contributed by atoms with Gasteiger partial charge < -0.3 is 9.64 Å². The van der Waals surface area contributed by atoms with E-state index in [1.54, 1.807) is 7.11 Å². The van der Waals surface area contributed by atoms with Crippen molar-refractivity contribution < 1.29 is 4.74 Å². The van der Waals surface area contributed by atoms with Gasteiger partial charge in [-0.1, -0.05) is 6.92 Å². The molecule has 100 valence electrons. The van der Waals surface area contributed by atoms with Gasteiger partial charge in [-0.25, -0.2) is 4.98 Å². The number of rotatable bonds is 3. The Morgan fingerprint density at radius 1 is 1.39 bits per heavy atom. The van der Waals surface area contributed by atoms with Crippen LogP contribution in [0.3, 0.4) is 0 Å². The van der Waals surface area contributed by atoms with Crippen LogP contribution in [0.1, 0.15) is 36.8 Å². The molecule has 0 spiro atoms. The lowest BCUT2D eigenvalue weighted by Gasteiger charge is -2.33. The number of aryl methyl sites for hydroxylation is 1. The third kappa shape index (κ3) is 2.83. The number of piperidine rings is 1. The Bertz CT molecular complexity index is 397. The first-order valence-electron chi connectivity index (χ1n) is 6.81. The average molecular weight is 248 g/mol. The third-order valence-corrected chi connectivity index (χ3v) is 4.24. The van der Waals surface area contributed by atoms with Crippen molar-refractivity contribution in [2.75, 3.05) is 27.2 Å². The molecule has 1 fully saturated rings. The van der Waals surface area contributed by atoms with Crippen LogP contribution in [0.5, 0.6) is 5.88 Å². The molecular weight excluding hydrogens is 224 g/mol. The molecule has 1 atom stereocenters. The normalized spacial score (nSPS) is 19.8. The van der Waals surface area contributed by atoms with Crippen molar-refractivity contribution in [1.82, 2.24) is 9.88 Å². The molecule has 0 aromatic carbocycles. The Morgan fingerprint density at radius 3 is 2.61 bits per heavy atom. The molecule has 1 aliphatic rings. The van der Waals surface area contributed by atoms with Gasteiger partial charge in [-0.05, 0) is 63.4 Å². The summed E-state index contributed by atoms with van der Waals surface area (Å²) >= 11 is 0. The van der Waals surface area contributed by atoms with Crippen molar-refractivity contribution in [3.63, 3.8) is 0 Å². The van der Waals surface area contributed by atoms with E-state index >= 15 is 0 Å². The highest BCUT2D eigenvalue weighted by Crippen LogP contribution is 2.32. The summed E-state index contributed by atoms with van der Waals surface area (Å²) in [5.41, 5.74) is 2.48. The molecule has 0 bridgehead atoms. The molecular formula is C15H24N2O. The van der Waals surface area contributed by atoms with E-state index < -0.39 is 0 Å². The van der Waals surface area contributed by atoms with Crippen molar-refractivity contribution in [1.29, 1.82) is 0 Å². The van der Waals surface area contributed by atoms with Gasteiger partial charge in [-0.15, -0.1) is 0 Å². The Morgan fingerprint density at radius 2 is 2.06 bits per heavy atom. The van der Waals surface area contributed by atoms with Crippen LogP contribution in [0.2, 0.25) is 0 Å². The van der Waals surface area contributed by atoms with Crippen LogP contribution in [0.4, 0.5) is 0 Å². The molecule has 1 aromatic rings. The van der Waals surface area contributed by atoms with Crippen LogP contribution in [0.15, 0.2) is 12.3 Å². The first kappa shape index (κ1) is 13.3. The van der Waals surface area contributed by atoms with Crippen LogP contribution >= 0.6 is 0 Å². The zero-order chi connectivity index (χ0) is 13.1. The van der Waals surface area contributed by atoms with E-state index in [-0.39, 0.29) is 0 Å². The second-order valence-electron chi connectivity index (χ2n) is 5.52. The summed E-state index contributed by atoms with van der Waals surface area (Å²) in [6.07, 6.45) is 4.57. The van der Waals surface area contributed by atoms with Gasteiger partial charge >= 0.3 is 0 Å². The second kappa shape index (κ2) is 5.70. The van der Waals surface area contributed by atoms with E-state index in [9.17, 15) is 0 Å². The molecule has 1 aliphatic heterocycles. The van der Waals surface area contributed by atoms with Crippen LogP contribution in [-0.2, 0) is 0 Å². The summed E-state index contributed by atoms with van der Waals surface area (Å²) in [7, 11) is 3.88. The fourth-order valence-electron chi connectivity index (χ4n) is 2.85. The largest absolute Gasteiger partial charge is 0.481 e. The van der Waals surface area contributed by atoms with E-state index in [2.05, 4.69) is 36.8 Å². The number of hydrogen-bond acceptors (Lipinski definition) is 3. The highest BCUT2D eigenvalue weighted by molar-refractivity contribution is 5.30. The lowest BCUT2D eigenvalue weighted by molar-refractivity contribution is 0.202. The fraction of sp³-hybridized carbons (Fsp3) is 0.667. The van der Waals surface area contributed by atoms with Crippen molar-refractivity contribution in [3.8, 4) is 5.88 Å². The second-order valence-corrected chi connectivity index (χ2v) is 5.52. The maximum absolute atomic E-state index is 5.22. The molecule has 0 radical (unpaired) electrons. The van der Waals surface area contributed by atoms with Crippen LogP contribution in [0, 0.1) is 12.8 Å². The van der Waals surface area contributed by atoms with E-state index in [0.29, 0.717) is 5.92 Å². The Labute approximate surface area is 110 Å². The SMILES string of the molecule is COc1ncc(C(C)C2CCN(C)CC2)cc1C. The van der Waals surface area contributed by atoms with Crippen LogP contribution in [0.25, 0.3) is 0 Å². The number of ether oxygens (including phenoxy) is 1. The zero-order valence-corrected chi connectivity index (χ0v) is 11.9. The smallest absolute Gasteiger partial charge is 0.215 e. The van der Waals surface area contributed by atoms with Gasteiger partial charge in [-0.2, -0.15) is 0 Å². The number of pyridine rings is 1. The van der Waals surface area contributed by atoms with Gasteiger partial charge in [0.25, 0.3) is 0 Å². The minimum atomic E-state index is 0.593. The highest BCUT2D eigenvalue weighted by Gasteiger charge is 2.23. The first-order valence-corrected chi connectivity index (χ1v) is 6.81. The summed E-state index contributed by atoms with van der Waals surface area (Å²) in [6.45, 7) is 6.84. The molecule has 2 rings (SSSR count). The molecule has 1 unspecified atom stereocenters. The van der Waals surface area contributed by atoms with Crippen molar-refractivity contribution >= 4 is 0 Å². The Hall–Kier alpha value is -1.09. The third-order valence-electron chi connectivity index (χ3n) is 4.24. The predicted molar refractivity (Wildman–Crippen MR) is 74.2 cm³/mol. The summed E-state index contributed by atoms with van der Waals surface area (Å²) in [6, 6.07) is 2.23. The zero-order valence-electron chi connectivity index (χ0n) is 11.9. The summed E-state index contributed by atoms with van der Waals surface area (Å²) in [5.74, 6) is 2.13. The minimum Gasteiger partial charge on any atom is -0.481 e. The van der Waals surface area contributed by atoms with E-state index in [0.717, 1.165) is 17.4 Å². The van der Waals surface area contributed by atoms with E-state index in [1.165, 1.54) is 31.5 Å². The Balaban J connectivity index is 2.08. The molecule has 0 saturated carbocycles. The minimum absolute atomic E-state index is 0.593. The first-order chi connectivity index (χ1) is 8.61. The number of methoxy groups -OCH3 is 1. The predicted octanol–water partition coefficient (Wildman–Crippen LogP) is 2.84. The molecule has 0 aliphatic carbocycles. The highest BCUT2D eigenvalue weighted by atomic mass is 16.5. The maximum atomic E-state index is 5.22. The molecule has 18 heavy (non-hydrogen) atoms.